The van der Waals surface area contributed by atoms with E-state index >= 15 is 0 Å². The van der Waals surface area contributed by atoms with Gasteiger partial charge in [0, 0.05) is 0 Å². The highest BCUT2D eigenvalue weighted by Crippen LogP contribution is 2.23. The van der Waals surface area contributed by atoms with Crippen molar-refractivity contribution in [2.24, 2.45) is 0 Å². The Hall–Kier alpha value is -0.610. The summed E-state index contributed by atoms with van der Waals surface area (Å²) >= 11 is 3.04. The van der Waals surface area contributed by atoms with Crippen LogP contribution in [0.1, 0.15) is 13.8 Å². The van der Waals surface area contributed by atoms with Crippen molar-refractivity contribution in [1.29, 1.82) is 0 Å². The molecule has 3 nitrogen and oxygen atoms in total. The molecule has 2 atom stereocenters. The lowest BCUT2D eigenvalue weighted by atomic mass is 10.1. The summed E-state index contributed by atoms with van der Waals surface area (Å²) in [5.41, 5.74) is 0.788. The number of hydrogen-bond donors (Lipinski definition) is 1. The molecule has 1 N–H and O–H groups in total. The number of esters is 1. The van der Waals surface area contributed by atoms with Crippen molar-refractivity contribution in [3.8, 4) is 0 Å². The lowest BCUT2D eigenvalue weighted by molar-refractivity contribution is -0.141. The molecule has 0 aromatic rings. The van der Waals surface area contributed by atoms with Crippen molar-refractivity contribution >= 4 is 21.9 Å². The minimum absolute atomic E-state index is 0.375. The van der Waals surface area contributed by atoms with Gasteiger partial charge < -0.3 is 9.84 Å². The Balaban J connectivity index is 2.72. The highest BCUT2D eigenvalue weighted by molar-refractivity contribution is 9.12. The van der Waals surface area contributed by atoms with E-state index in [-0.39, 0.29) is 0 Å². The van der Waals surface area contributed by atoms with E-state index in [1.807, 2.05) is 6.92 Å². The summed E-state index contributed by atoms with van der Waals surface area (Å²) in [5, 5.41) is 9.64. The highest BCUT2D eigenvalue weighted by atomic mass is 79.9. The van der Waals surface area contributed by atoms with Gasteiger partial charge in [0.25, 0.3) is 0 Å². The van der Waals surface area contributed by atoms with Crippen LogP contribution < -0.4 is 0 Å². The number of hydrogen-bond acceptors (Lipinski definition) is 3. The molecule has 0 aromatic heterocycles. The Bertz CT molecular complexity index is 281. The molecule has 1 rings (SSSR count). The van der Waals surface area contributed by atoms with Gasteiger partial charge in [-0.15, -0.1) is 0 Å². The van der Waals surface area contributed by atoms with Crippen LogP contribution in [0.4, 0.5) is 0 Å². The Labute approximate surface area is 85.2 Å². The highest BCUT2D eigenvalue weighted by Gasteiger charge is 2.29. The van der Waals surface area contributed by atoms with Crippen molar-refractivity contribution < 1.29 is 14.6 Å². The third kappa shape index (κ3) is 2.19. The molecule has 4 heteroatoms. The van der Waals surface area contributed by atoms with Gasteiger partial charge in [0.2, 0.25) is 0 Å². The van der Waals surface area contributed by atoms with E-state index in [1.165, 1.54) is 0 Å². The van der Waals surface area contributed by atoms with Crippen LogP contribution in [0.25, 0.3) is 0 Å². The predicted molar refractivity (Wildman–Crippen MR) is 52.3 cm³/mol. The van der Waals surface area contributed by atoms with Gasteiger partial charge in [-0.05, 0) is 41.4 Å². The maximum atomic E-state index is 10.9. The number of carbonyl (C=O) groups excluding carboxylic acids is 1. The summed E-state index contributed by atoms with van der Waals surface area (Å²) in [7, 11) is 0. The van der Waals surface area contributed by atoms with Gasteiger partial charge >= 0.3 is 5.97 Å². The van der Waals surface area contributed by atoms with Crippen molar-refractivity contribution in [3.05, 3.63) is 22.2 Å². The molecule has 1 aliphatic rings. The fourth-order valence-electron chi connectivity index (χ4n) is 1.01. The lowest BCUT2D eigenvalue weighted by Crippen LogP contribution is -2.26. The molecule has 0 fully saturated rings. The van der Waals surface area contributed by atoms with E-state index in [1.54, 1.807) is 19.1 Å². The number of aliphatic hydroxyl groups excluding tert-OH is 1. The fourth-order valence-corrected chi connectivity index (χ4v) is 1.37. The number of halogens is 1. The van der Waals surface area contributed by atoms with Crippen molar-refractivity contribution in [2.75, 3.05) is 0 Å². The molecular weight excluding hydrogens is 236 g/mol. The van der Waals surface area contributed by atoms with Crippen LogP contribution in [-0.2, 0) is 9.53 Å². The molecule has 1 heterocycles. The molecule has 72 valence electrons. The summed E-state index contributed by atoms with van der Waals surface area (Å²) in [5.74, 6) is -0.423. The third-order valence-electron chi connectivity index (χ3n) is 1.98. The average molecular weight is 247 g/mol. The zero-order valence-corrected chi connectivity index (χ0v) is 9.04. The van der Waals surface area contributed by atoms with E-state index in [2.05, 4.69) is 15.9 Å². The standard InChI is InChI=1S/C9H11BrO3/c1-3-5(2)8(11)7-4-6(10)9(12)13-7/h3-4,7-8,11H,1-2H3/b5-3+/t7-,8+/m0/s1. The number of allylic oxidation sites excluding steroid dienone is 1. The molecular formula is C9H11BrO3. The van der Waals surface area contributed by atoms with Crippen LogP contribution in [-0.4, -0.2) is 23.3 Å². The van der Waals surface area contributed by atoms with Gasteiger partial charge in [-0.25, -0.2) is 4.79 Å². The number of aliphatic hydroxyl groups is 1. The molecule has 0 bridgehead atoms. The van der Waals surface area contributed by atoms with E-state index in [0.717, 1.165) is 5.57 Å². The monoisotopic (exact) mass is 246 g/mol. The molecule has 0 saturated carbocycles. The first-order valence-corrected chi connectivity index (χ1v) is 4.74. The Kier molecular flexibility index (Phi) is 3.27. The van der Waals surface area contributed by atoms with E-state index in [4.69, 9.17) is 4.74 Å². The molecule has 0 unspecified atom stereocenters. The largest absolute Gasteiger partial charge is 0.451 e. The molecule has 0 radical (unpaired) electrons. The maximum absolute atomic E-state index is 10.9. The van der Waals surface area contributed by atoms with E-state index in [0.29, 0.717) is 4.48 Å². The van der Waals surface area contributed by atoms with Crippen LogP contribution >= 0.6 is 15.9 Å². The smallest absolute Gasteiger partial charge is 0.345 e. The zero-order chi connectivity index (χ0) is 10.0. The molecule has 0 aromatic carbocycles. The third-order valence-corrected chi connectivity index (χ3v) is 2.57. The van der Waals surface area contributed by atoms with Crippen molar-refractivity contribution in [2.45, 2.75) is 26.1 Å². The molecule has 1 aliphatic heterocycles. The van der Waals surface area contributed by atoms with Crippen LogP contribution in [0.15, 0.2) is 22.2 Å². The molecule has 0 amide bonds. The normalized spacial score (nSPS) is 25.5. The Morgan fingerprint density at radius 3 is 2.85 bits per heavy atom. The summed E-state index contributed by atoms with van der Waals surface area (Å²) < 4.78 is 5.26. The first kappa shape index (κ1) is 10.5. The number of rotatable bonds is 2. The summed E-state index contributed by atoms with van der Waals surface area (Å²) in [6.07, 6.45) is 2.06. The maximum Gasteiger partial charge on any atom is 0.345 e. The van der Waals surface area contributed by atoms with Gasteiger partial charge in [0.15, 0.2) is 6.10 Å². The average Bonchev–Trinajstić information content (AvgIpc) is 2.44. The Morgan fingerprint density at radius 2 is 2.46 bits per heavy atom. The van der Waals surface area contributed by atoms with Gasteiger partial charge in [0.05, 0.1) is 0 Å². The van der Waals surface area contributed by atoms with Crippen LogP contribution in [0.3, 0.4) is 0 Å². The summed E-state index contributed by atoms with van der Waals surface area (Å²) in [6, 6.07) is 0. The molecule has 0 saturated heterocycles. The number of ether oxygens (including phenoxy) is 1. The van der Waals surface area contributed by atoms with Crippen LogP contribution in [0.5, 0.6) is 0 Å². The Morgan fingerprint density at radius 1 is 1.85 bits per heavy atom. The topological polar surface area (TPSA) is 46.5 Å². The molecule has 0 spiro atoms. The van der Waals surface area contributed by atoms with E-state index in [9.17, 15) is 9.90 Å². The SMILES string of the molecule is C/C=C(\C)[C@@H](O)[C@@H]1C=C(Br)C(=O)O1. The summed E-state index contributed by atoms with van der Waals surface area (Å²) in [6.45, 7) is 3.62. The van der Waals surface area contributed by atoms with Gasteiger partial charge in [-0.1, -0.05) is 6.08 Å². The summed E-state index contributed by atoms with van der Waals surface area (Å²) in [4.78, 5) is 10.9. The minimum atomic E-state index is -0.746. The lowest BCUT2D eigenvalue weighted by Gasteiger charge is -2.16. The molecule has 13 heavy (non-hydrogen) atoms. The van der Waals surface area contributed by atoms with Crippen LogP contribution in [0, 0.1) is 0 Å². The van der Waals surface area contributed by atoms with Gasteiger partial charge in [-0.3, -0.25) is 0 Å². The predicted octanol–water partition coefficient (Wildman–Crippen LogP) is 1.52. The first-order valence-electron chi connectivity index (χ1n) is 3.95. The van der Waals surface area contributed by atoms with Crippen LogP contribution in [0.2, 0.25) is 0 Å². The second kappa shape index (κ2) is 4.07. The van der Waals surface area contributed by atoms with Crippen molar-refractivity contribution in [1.82, 2.24) is 0 Å². The minimum Gasteiger partial charge on any atom is -0.451 e. The van der Waals surface area contributed by atoms with E-state index < -0.39 is 18.2 Å². The number of carbonyl (C=O) groups is 1. The second-order valence-electron chi connectivity index (χ2n) is 2.86. The fraction of sp³-hybridized carbons (Fsp3) is 0.444. The second-order valence-corrected chi connectivity index (χ2v) is 3.72. The quantitative estimate of drug-likeness (QED) is 0.594. The first-order chi connectivity index (χ1) is 6.06. The van der Waals surface area contributed by atoms with Crippen molar-refractivity contribution in [3.63, 3.8) is 0 Å². The van der Waals surface area contributed by atoms with Gasteiger partial charge in [-0.2, -0.15) is 0 Å². The van der Waals surface area contributed by atoms with Gasteiger partial charge in [0.1, 0.15) is 10.6 Å². The number of cyclic esters (lactones) is 1. The zero-order valence-electron chi connectivity index (χ0n) is 7.45. The molecule has 0 aliphatic carbocycles.